The Morgan fingerprint density at radius 1 is 0.424 bits per heavy atom. The van der Waals surface area contributed by atoms with E-state index in [-0.39, 0.29) is 31.1 Å². The molecule has 66 heavy (non-hydrogen) atoms. The van der Waals surface area contributed by atoms with Crippen molar-refractivity contribution in [2.75, 3.05) is 13.2 Å². The summed E-state index contributed by atoms with van der Waals surface area (Å²) in [5.41, 5.74) is 2.81. The van der Waals surface area contributed by atoms with E-state index in [0.717, 1.165) is 96.3 Å². The van der Waals surface area contributed by atoms with Crippen LogP contribution in [-0.4, -0.2) is 37.2 Å². The highest BCUT2D eigenvalue weighted by atomic mass is 16.6. The van der Waals surface area contributed by atoms with Crippen LogP contribution in [0.3, 0.4) is 0 Å². The summed E-state index contributed by atoms with van der Waals surface area (Å²) in [6, 6.07) is 0. The van der Waals surface area contributed by atoms with Crippen LogP contribution in [0.5, 0.6) is 0 Å². The lowest BCUT2D eigenvalue weighted by Crippen LogP contribution is -2.30. The number of rotatable bonds is 47. The molecule has 0 saturated heterocycles. The quantitative estimate of drug-likeness (QED) is 0.0262. The molecule has 0 radical (unpaired) electrons. The number of esters is 3. The minimum atomic E-state index is -0.796. The third kappa shape index (κ3) is 48.5. The largest absolute Gasteiger partial charge is 0.462 e. The first kappa shape index (κ1) is 62.6. The first-order valence-corrected chi connectivity index (χ1v) is 27.4. The fraction of sp³-hybridized carbons (Fsp3) is 0.717. The van der Waals surface area contributed by atoms with E-state index in [4.69, 9.17) is 14.2 Å². The zero-order valence-electron chi connectivity index (χ0n) is 43.6. The van der Waals surface area contributed by atoms with Gasteiger partial charge in [0.25, 0.3) is 0 Å². The summed E-state index contributed by atoms with van der Waals surface area (Å²) in [4.78, 5) is 38.2. The molecule has 378 valence electrons. The highest BCUT2D eigenvalue weighted by molar-refractivity contribution is 5.71. The van der Waals surface area contributed by atoms with E-state index in [1.165, 1.54) is 120 Å². The van der Waals surface area contributed by atoms with E-state index in [2.05, 4.69) is 82.4 Å². The lowest BCUT2D eigenvalue weighted by molar-refractivity contribution is -0.167. The Morgan fingerprint density at radius 3 is 1.36 bits per heavy atom. The fourth-order valence-corrected chi connectivity index (χ4v) is 7.66. The third-order valence-corrected chi connectivity index (χ3v) is 11.9. The monoisotopic (exact) mass is 919 g/mol. The van der Waals surface area contributed by atoms with Crippen LogP contribution in [0, 0.1) is 0 Å². The van der Waals surface area contributed by atoms with Crippen LogP contribution in [0.1, 0.15) is 259 Å². The van der Waals surface area contributed by atoms with Crippen molar-refractivity contribution in [1.82, 2.24) is 0 Å². The van der Waals surface area contributed by atoms with E-state index in [1.54, 1.807) is 0 Å². The molecule has 0 aliphatic heterocycles. The molecule has 0 aromatic rings. The van der Waals surface area contributed by atoms with Crippen LogP contribution in [-0.2, 0) is 28.6 Å². The fourth-order valence-electron chi connectivity index (χ4n) is 7.66. The maximum atomic E-state index is 12.9. The molecule has 0 aromatic heterocycles. The molecule has 0 aliphatic carbocycles. The van der Waals surface area contributed by atoms with Crippen molar-refractivity contribution >= 4 is 17.9 Å². The average Bonchev–Trinajstić information content (AvgIpc) is 3.31. The molecular weight excluding hydrogens is 817 g/mol. The second-order valence-electron chi connectivity index (χ2n) is 18.6. The van der Waals surface area contributed by atoms with E-state index >= 15 is 0 Å². The maximum absolute atomic E-state index is 12.9. The molecule has 0 heterocycles. The molecule has 0 bridgehead atoms. The Bertz CT molecular complexity index is 1350. The van der Waals surface area contributed by atoms with Gasteiger partial charge >= 0.3 is 17.9 Å². The first-order chi connectivity index (χ1) is 32.3. The van der Waals surface area contributed by atoms with Gasteiger partial charge in [-0.25, -0.2) is 0 Å². The number of allylic oxidation sites excluding steroid dienone is 14. The van der Waals surface area contributed by atoms with Crippen molar-refractivity contribution in [3.05, 3.63) is 84.1 Å². The van der Waals surface area contributed by atoms with Crippen molar-refractivity contribution in [2.24, 2.45) is 0 Å². The number of hydrogen-bond acceptors (Lipinski definition) is 6. The number of hydrogen-bond donors (Lipinski definition) is 0. The Hall–Kier alpha value is -3.41. The zero-order valence-corrected chi connectivity index (χ0v) is 43.6. The molecule has 0 saturated carbocycles. The van der Waals surface area contributed by atoms with Crippen LogP contribution in [0.15, 0.2) is 84.1 Å². The molecule has 1 atom stereocenters. The van der Waals surface area contributed by atoms with Crippen molar-refractivity contribution in [3.63, 3.8) is 0 Å². The standard InChI is InChI=1S/C60H102O6/c1-6-9-12-15-17-18-19-20-21-22-23-26-29-36-43-50-58(61)64-53-57(66-60(63)52-45-38-32-31-35-42-49-56(5)47-40-33-16-13-10-7-2)54-65-59(62)51-44-37-30-27-24-25-28-34-41-48-55(4)46-39-14-11-8-3/h6,9,12,15,17-18,34,40-41,47-49,57H,7-8,10-11,13-14,16,19-33,35-39,42-46,50-54H2,1-5H3/b9-6+,15-12+,18-17+,41-34+,47-40+,55-48-,56-49+. The van der Waals surface area contributed by atoms with Crippen LogP contribution in [0.2, 0.25) is 0 Å². The Labute approximate surface area is 407 Å². The molecule has 6 nitrogen and oxygen atoms in total. The summed E-state index contributed by atoms with van der Waals surface area (Å²) >= 11 is 0. The molecule has 0 rings (SSSR count). The summed E-state index contributed by atoms with van der Waals surface area (Å²) in [6.45, 7) is 10.7. The van der Waals surface area contributed by atoms with Crippen molar-refractivity contribution < 1.29 is 28.6 Å². The Morgan fingerprint density at radius 2 is 0.833 bits per heavy atom. The summed E-state index contributed by atoms with van der Waals surface area (Å²) in [5.74, 6) is -0.925. The molecule has 0 amide bonds. The van der Waals surface area contributed by atoms with Crippen LogP contribution in [0.4, 0.5) is 0 Å². The molecule has 0 aromatic carbocycles. The minimum Gasteiger partial charge on any atom is -0.462 e. The number of unbranched alkanes of at least 4 members (excludes halogenated alkanes) is 26. The van der Waals surface area contributed by atoms with E-state index in [0.29, 0.717) is 19.3 Å². The first-order valence-electron chi connectivity index (χ1n) is 27.4. The van der Waals surface area contributed by atoms with Gasteiger partial charge in [0.2, 0.25) is 0 Å². The molecule has 1 unspecified atom stereocenters. The summed E-state index contributed by atoms with van der Waals surface area (Å²) in [5, 5.41) is 0. The average molecular weight is 919 g/mol. The predicted molar refractivity (Wildman–Crippen MR) is 284 cm³/mol. The van der Waals surface area contributed by atoms with Crippen molar-refractivity contribution in [3.8, 4) is 0 Å². The molecular formula is C60H102O6. The van der Waals surface area contributed by atoms with Gasteiger partial charge in [-0.2, -0.15) is 0 Å². The number of carbonyl (C=O) groups excluding carboxylic acids is 3. The second-order valence-corrected chi connectivity index (χ2v) is 18.6. The molecule has 0 aliphatic rings. The summed E-state index contributed by atoms with van der Waals surface area (Å²) in [7, 11) is 0. The topological polar surface area (TPSA) is 78.9 Å². The van der Waals surface area contributed by atoms with Gasteiger partial charge in [-0.3, -0.25) is 14.4 Å². The van der Waals surface area contributed by atoms with Gasteiger partial charge in [0.1, 0.15) is 13.2 Å². The third-order valence-electron chi connectivity index (χ3n) is 11.9. The smallest absolute Gasteiger partial charge is 0.306 e. The van der Waals surface area contributed by atoms with Gasteiger partial charge in [0, 0.05) is 19.3 Å². The summed E-state index contributed by atoms with van der Waals surface area (Å²) in [6.07, 6.45) is 63.0. The molecule has 0 N–H and O–H groups in total. The predicted octanol–water partition coefficient (Wildman–Crippen LogP) is 18.4. The molecule has 0 fully saturated rings. The SMILES string of the molecule is C/C=C/C=C/C=C/CCCCCCCCCCC(=O)OCC(COC(=O)CCCCCCCC/C=C/C=C(/C)CCCCCC)OC(=O)CCCCCCC/C=C(C)/C=C/CCCCCC. The Kier molecular flexibility index (Phi) is 48.4. The van der Waals surface area contributed by atoms with Crippen LogP contribution in [0.25, 0.3) is 0 Å². The number of ether oxygens (including phenoxy) is 3. The Balaban J connectivity index is 4.54. The zero-order chi connectivity index (χ0) is 48.2. The van der Waals surface area contributed by atoms with E-state index in [9.17, 15) is 14.4 Å². The highest BCUT2D eigenvalue weighted by Gasteiger charge is 2.19. The van der Waals surface area contributed by atoms with Gasteiger partial charge in [-0.05, 0) is 104 Å². The second kappa shape index (κ2) is 51.0. The van der Waals surface area contributed by atoms with Crippen molar-refractivity contribution in [1.29, 1.82) is 0 Å². The van der Waals surface area contributed by atoms with Gasteiger partial charge in [-0.1, -0.05) is 220 Å². The van der Waals surface area contributed by atoms with Gasteiger partial charge in [0.15, 0.2) is 6.10 Å². The number of carbonyl (C=O) groups is 3. The highest BCUT2D eigenvalue weighted by Crippen LogP contribution is 2.15. The normalized spacial score (nSPS) is 13.0. The van der Waals surface area contributed by atoms with Gasteiger partial charge in [0.05, 0.1) is 0 Å². The molecule has 0 spiro atoms. The van der Waals surface area contributed by atoms with Gasteiger partial charge < -0.3 is 14.2 Å². The maximum Gasteiger partial charge on any atom is 0.306 e. The summed E-state index contributed by atoms with van der Waals surface area (Å²) < 4.78 is 16.8. The minimum absolute atomic E-state index is 0.0930. The van der Waals surface area contributed by atoms with Crippen LogP contribution >= 0.6 is 0 Å². The van der Waals surface area contributed by atoms with E-state index < -0.39 is 6.10 Å². The lowest BCUT2D eigenvalue weighted by Gasteiger charge is -2.18. The van der Waals surface area contributed by atoms with E-state index in [1.807, 2.05) is 25.2 Å². The van der Waals surface area contributed by atoms with Gasteiger partial charge in [-0.15, -0.1) is 0 Å². The lowest BCUT2D eigenvalue weighted by atomic mass is 10.1. The van der Waals surface area contributed by atoms with Crippen molar-refractivity contribution in [2.45, 2.75) is 265 Å². The van der Waals surface area contributed by atoms with Crippen LogP contribution < -0.4 is 0 Å². The molecule has 6 heteroatoms.